The summed E-state index contributed by atoms with van der Waals surface area (Å²) in [5, 5.41) is 5.27. The van der Waals surface area contributed by atoms with Gasteiger partial charge in [-0.15, -0.1) is 0 Å². The average Bonchev–Trinajstić information content (AvgIpc) is 2.52. The summed E-state index contributed by atoms with van der Waals surface area (Å²) in [7, 11) is 2.03. The molecular weight excluding hydrogens is 249 g/mol. The second-order valence-corrected chi connectivity index (χ2v) is 5.85. The minimum absolute atomic E-state index is 0.122. The highest BCUT2D eigenvalue weighted by Crippen LogP contribution is 2.37. The Kier molecular flexibility index (Phi) is 4.02. The molecule has 0 radical (unpaired) electrons. The fourth-order valence-electron chi connectivity index (χ4n) is 3.67. The third-order valence-corrected chi connectivity index (χ3v) is 4.67. The lowest BCUT2D eigenvalue weighted by Crippen LogP contribution is -2.27. The van der Waals surface area contributed by atoms with Gasteiger partial charge in [0.25, 0.3) is 0 Å². The molecular formula is C18H22FN. The third-order valence-electron chi connectivity index (χ3n) is 4.67. The number of hydrogen-bond donors (Lipinski definition) is 1. The Bertz CT molecular complexity index is 587. The first-order valence-electron chi connectivity index (χ1n) is 7.65. The fraction of sp³-hybridized carbons (Fsp3) is 0.444. The van der Waals surface area contributed by atoms with Gasteiger partial charge in [0.1, 0.15) is 5.82 Å². The number of rotatable bonds is 3. The van der Waals surface area contributed by atoms with E-state index in [1.54, 1.807) is 6.07 Å². The maximum Gasteiger partial charge on any atom is 0.131 e. The van der Waals surface area contributed by atoms with Crippen LogP contribution >= 0.6 is 0 Å². The van der Waals surface area contributed by atoms with Crippen molar-refractivity contribution in [3.05, 3.63) is 47.8 Å². The lowest BCUT2D eigenvalue weighted by Gasteiger charge is -2.31. The van der Waals surface area contributed by atoms with E-state index in [2.05, 4.69) is 5.32 Å². The van der Waals surface area contributed by atoms with Gasteiger partial charge in [0.15, 0.2) is 0 Å². The van der Waals surface area contributed by atoms with Gasteiger partial charge < -0.3 is 5.32 Å². The monoisotopic (exact) mass is 271 g/mol. The van der Waals surface area contributed by atoms with Crippen LogP contribution in [0.4, 0.5) is 4.39 Å². The van der Waals surface area contributed by atoms with Crippen LogP contribution < -0.4 is 5.32 Å². The maximum absolute atomic E-state index is 14.0. The summed E-state index contributed by atoms with van der Waals surface area (Å²) in [6.07, 6.45) is 6.55. The van der Waals surface area contributed by atoms with Crippen LogP contribution in [-0.4, -0.2) is 7.05 Å². The summed E-state index contributed by atoms with van der Waals surface area (Å²) < 4.78 is 14.0. The molecule has 2 aromatic carbocycles. The Balaban J connectivity index is 2.05. The Labute approximate surface area is 120 Å². The standard InChI is InChI=1S/C18H22FN/c1-20-18(13-7-3-2-4-8-13)16-11-12-17(19)15-10-6-5-9-14(15)16/h5-6,9-13,18,20H,2-4,7-8H2,1H3. The highest BCUT2D eigenvalue weighted by atomic mass is 19.1. The zero-order chi connectivity index (χ0) is 13.9. The lowest BCUT2D eigenvalue weighted by molar-refractivity contribution is 0.283. The molecule has 1 unspecified atom stereocenters. The number of nitrogens with one attached hydrogen (secondary N) is 1. The van der Waals surface area contributed by atoms with Gasteiger partial charge in [0, 0.05) is 11.4 Å². The van der Waals surface area contributed by atoms with Gasteiger partial charge >= 0.3 is 0 Å². The van der Waals surface area contributed by atoms with Gasteiger partial charge in [-0.1, -0.05) is 49.6 Å². The van der Waals surface area contributed by atoms with E-state index in [1.165, 1.54) is 37.7 Å². The molecule has 2 aromatic rings. The summed E-state index contributed by atoms with van der Waals surface area (Å²) in [5.41, 5.74) is 1.25. The van der Waals surface area contributed by atoms with E-state index in [0.717, 1.165) is 10.8 Å². The van der Waals surface area contributed by atoms with Crippen molar-refractivity contribution in [2.75, 3.05) is 7.05 Å². The van der Waals surface area contributed by atoms with E-state index in [0.29, 0.717) is 12.0 Å². The molecule has 1 saturated carbocycles. The Morgan fingerprint density at radius 3 is 2.40 bits per heavy atom. The number of benzene rings is 2. The van der Waals surface area contributed by atoms with Crippen LogP contribution in [0.1, 0.15) is 43.7 Å². The molecule has 1 aliphatic carbocycles. The van der Waals surface area contributed by atoms with E-state index in [1.807, 2.05) is 37.4 Å². The minimum atomic E-state index is -0.122. The summed E-state index contributed by atoms with van der Waals surface area (Å²) in [5.74, 6) is 0.547. The van der Waals surface area contributed by atoms with Crippen molar-refractivity contribution in [2.24, 2.45) is 5.92 Å². The molecule has 1 atom stereocenters. The van der Waals surface area contributed by atoms with Gasteiger partial charge in [-0.3, -0.25) is 0 Å². The zero-order valence-corrected chi connectivity index (χ0v) is 12.0. The van der Waals surface area contributed by atoms with E-state index in [9.17, 15) is 4.39 Å². The molecule has 106 valence electrons. The van der Waals surface area contributed by atoms with Crippen LogP contribution in [0.15, 0.2) is 36.4 Å². The van der Waals surface area contributed by atoms with E-state index in [4.69, 9.17) is 0 Å². The molecule has 0 aromatic heterocycles. The van der Waals surface area contributed by atoms with Crippen LogP contribution in [0, 0.1) is 11.7 Å². The lowest BCUT2D eigenvalue weighted by atomic mass is 9.80. The molecule has 0 amide bonds. The first kappa shape index (κ1) is 13.6. The zero-order valence-electron chi connectivity index (χ0n) is 12.0. The average molecular weight is 271 g/mol. The summed E-state index contributed by atoms with van der Waals surface area (Å²) in [6.45, 7) is 0. The molecule has 0 bridgehead atoms. The molecule has 1 nitrogen and oxygen atoms in total. The van der Waals surface area contributed by atoms with Crippen molar-refractivity contribution >= 4 is 10.8 Å². The highest BCUT2D eigenvalue weighted by Gasteiger charge is 2.25. The van der Waals surface area contributed by atoms with Crippen LogP contribution in [0.5, 0.6) is 0 Å². The predicted molar refractivity (Wildman–Crippen MR) is 82.3 cm³/mol. The third kappa shape index (κ3) is 2.45. The topological polar surface area (TPSA) is 12.0 Å². The smallest absolute Gasteiger partial charge is 0.131 e. The van der Waals surface area contributed by atoms with Gasteiger partial charge in [0.05, 0.1) is 0 Å². The Morgan fingerprint density at radius 1 is 1.00 bits per heavy atom. The number of fused-ring (bicyclic) bond motifs is 1. The van der Waals surface area contributed by atoms with Crippen molar-refractivity contribution < 1.29 is 4.39 Å². The quantitative estimate of drug-likeness (QED) is 0.844. The van der Waals surface area contributed by atoms with Crippen LogP contribution in [0.3, 0.4) is 0 Å². The molecule has 1 fully saturated rings. The summed E-state index contributed by atoms with van der Waals surface area (Å²) in [4.78, 5) is 0. The first-order chi connectivity index (χ1) is 9.81. The van der Waals surface area contributed by atoms with E-state index in [-0.39, 0.29) is 5.82 Å². The fourth-order valence-corrected chi connectivity index (χ4v) is 3.67. The van der Waals surface area contributed by atoms with Gasteiger partial charge in [-0.05, 0) is 42.8 Å². The normalized spacial score (nSPS) is 18.3. The molecule has 0 spiro atoms. The van der Waals surface area contributed by atoms with E-state index >= 15 is 0 Å². The van der Waals surface area contributed by atoms with E-state index < -0.39 is 0 Å². The van der Waals surface area contributed by atoms with Crippen molar-refractivity contribution in [3.63, 3.8) is 0 Å². The summed E-state index contributed by atoms with van der Waals surface area (Å²) in [6, 6.07) is 11.7. The summed E-state index contributed by atoms with van der Waals surface area (Å²) >= 11 is 0. The second-order valence-electron chi connectivity index (χ2n) is 5.85. The van der Waals surface area contributed by atoms with Crippen LogP contribution in [0.2, 0.25) is 0 Å². The largest absolute Gasteiger partial charge is 0.313 e. The van der Waals surface area contributed by atoms with Gasteiger partial charge in [0.2, 0.25) is 0 Å². The van der Waals surface area contributed by atoms with Crippen LogP contribution in [0.25, 0.3) is 10.8 Å². The number of halogens is 1. The first-order valence-corrected chi connectivity index (χ1v) is 7.65. The maximum atomic E-state index is 14.0. The molecule has 1 aliphatic rings. The Hall–Kier alpha value is -1.41. The predicted octanol–water partition coefficient (Wildman–Crippen LogP) is 4.82. The van der Waals surface area contributed by atoms with Gasteiger partial charge in [-0.25, -0.2) is 4.39 Å². The molecule has 3 rings (SSSR count). The van der Waals surface area contributed by atoms with Crippen molar-refractivity contribution in [3.8, 4) is 0 Å². The SMILES string of the molecule is CNC(c1ccc(F)c2ccccc12)C1CCCCC1. The highest BCUT2D eigenvalue weighted by molar-refractivity contribution is 5.86. The van der Waals surface area contributed by atoms with Crippen molar-refractivity contribution in [2.45, 2.75) is 38.1 Å². The minimum Gasteiger partial charge on any atom is -0.313 e. The van der Waals surface area contributed by atoms with Crippen molar-refractivity contribution in [1.29, 1.82) is 0 Å². The molecule has 0 aliphatic heterocycles. The second kappa shape index (κ2) is 5.92. The Morgan fingerprint density at radius 2 is 1.70 bits per heavy atom. The molecule has 1 N–H and O–H groups in total. The molecule has 0 saturated heterocycles. The van der Waals surface area contributed by atoms with Gasteiger partial charge in [-0.2, -0.15) is 0 Å². The molecule has 20 heavy (non-hydrogen) atoms. The number of hydrogen-bond acceptors (Lipinski definition) is 1. The van der Waals surface area contributed by atoms with Crippen molar-refractivity contribution in [1.82, 2.24) is 5.32 Å². The molecule has 0 heterocycles. The molecule has 2 heteroatoms. The van der Waals surface area contributed by atoms with Crippen LogP contribution in [-0.2, 0) is 0 Å².